The summed E-state index contributed by atoms with van der Waals surface area (Å²) in [5.41, 5.74) is 1.51. The molecule has 1 aromatic heterocycles. The number of carbonyl (C=O) groups excluding carboxylic acids is 1. The predicted molar refractivity (Wildman–Crippen MR) is 99.8 cm³/mol. The molecule has 0 spiro atoms. The Morgan fingerprint density at radius 1 is 1.08 bits per heavy atom. The highest BCUT2D eigenvalue weighted by atomic mass is 19.1. The van der Waals surface area contributed by atoms with Gasteiger partial charge in [0.15, 0.2) is 0 Å². The lowest BCUT2D eigenvalue weighted by Gasteiger charge is -2.20. The Bertz CT molecular complexity index is 845. The van der Waals surface area contributed by atoms with E-state index in [2.05, 4.69) is 5.32 Å². The minimum atomic E-state index is -0.296. The molecule has 1 amide bonds. The molecule has 0 radical (unpaired) electrons. The van der Waals surface area contributed by atoms with Gasteiger partial charge < -0.3 is 14.6 Å². The summed E-state index contributed by atoms with van der Waals surface area (Å²) in [6, 6.07) is 17.2. The third-order valence-electron chi connectivity index (χ3n) is 4.08. The smallest absolute Gasteiger partial charge is 0.226 e. The second-order valence-electron chi connectivity index (χ2n) is 5.88. The van der Waals surface area contributed by atoms with Crippen LogP contribution < -0.4 is 10.1 Å². The van der Waals surface area contributed by atoms with E-state index in [-0.39, 0.29) is 24.2 Å². The Morgan fingerprint density at radius 2 is 1.77 bits per heavy atom. The van der Waals surface area contributed by atoms with Crippen LogP contribution in [-0.2, 0) is 4.79 Å². The van der Waals surface area contributed by atoms with Crippen LogP contribution in [0.4, 0.5) is 10.1 Å². The van der Waals surface area contributed by atoms with Gasteiger partial charge >= 0.3 is 0 Å². The molecule has 1 N–H and O–H groups in total. The third kappa shape index (κ3) is 4.30. The SMILES string of the molecule is CCOc1ccccc1NC(=O)C[C@@H](c1ccc(F)cc1)n1cccc1. The van der Waals surface area contributed by atoms with E-state index in [9.17, 15) is 9.18 Å². The van der Waals surface area contributed by atoms with Crippen molar-refractivity contribution in [3.8, 4) is 5.75 Å². The molecule has 5 heteroatoms. The van der Waals surface area contributed by atoms with Crippen molar-refractivity contribution in [3.63, 3.8) is 0 Å². The molecule has 0 saturated carbocycles. The van der Waals surface area contributed by atoms with Gasteiger partial charge in [0.2, 0.25) is 5.91 Å². The number of nitrogens with one attached hydrogen (secondary N) is 1. The number of carbonyl (C=O) groups is 1. The molecule has 3 aromatic rings. The van der Waals surface area contributed by atoms with Crippen molar-refractivity contribution in [1.29, 1.82) is 0 Å². The molecular formula is C21H21FN2O2. The molecule has 3 rings (SSSR count). The van der Waals surface area contributed by atoms with Gasteiger partial charge in [-0.2, -0.15) is 0 Å². The summed E-state index contributed by atoms with van der Waals surface area (Å²) in [5.74, 6) is 0.206. The van der Waals surface area contributed by atoms with Crippen LogP contribution in [0.3, 0.4) is 0 Å². The van der Waals surface area contributed by atoms with Gasteiger partial charge in [0.05, 0.1) is 24.8 Å². The predicted octanol–water partition coefficient (Wildman–Crippen LogP) is 4.64. The molecule has 0 aliphatic heterocycles. The number of aromatic nitrogens is 1. The van der Waals surface area contributed by atoms with Gasteiger partial charge in [-0.1, -0.05) is 24.3 Å². The summed E-state index contributed by atoms with van der Waals surface area (Å²) in [6.07, 6.45) is 4.02. The van der Waals surface area contributed by atoms with Gasteiger partial charge in [0.1, 0.15) is 11.6 Å². The van der Waals surface area contributed by atoms with E-state index in [1.54, 1.807) is 12.1 Å². The first-order chi connectivity index (χ1) is 12.7. The van der Waals surface area contributed by atoms with Crippen molar-refractivity contribution in [2.45, 2.75) is 19.4 Å². The minimum Gasteiger partial charge on any atom is -0.492 e. The summed E-state index contributed by atoms with van der Waals surface area (Å²) < 4.78 is 20.8. The largest absolute Gasteiger partial charge is 0.492 e. The summed E-state index contributed by atoms with van der Waals surface area (Å²) >= 11 is 0. The topological polar surface area (TPSA) is 43.3 Å². The molecule has 0 unspecified atom stereocenters. The summed E-state index contributed by atoms with van der Waals surface area (Å²) in [7, 11) is 0. The number of para-hydroxylation sites is 2. The average molecular weight is 352 g/mol. The first-order valence-corrected chi connectivity index (χ1v) is 8.57. The molecule has 0 bridgehead atoms. The van der Waals surface area contributed by atoms with Gasteiger partial charge in [0.25, 0.3) is 0 Å². The number of halogens is 1. The fraction of sp³-hybridized carbons (Fsp3) is 0.190. The second-order valence-corrected chi connectivity index (χ2v) is 5.88. The fourth-order valence-corrected chi connectivity index (χ4v) is 2.86. The van der Waals surface area contributed by atoms with Crippen molar-refractivity contribution in [2.24, 2.45) is 0 Å². The maximum absolute atomic E-state index is 13.3. The summed E-state index contributed by atoms with van der Waals surface area (Å²) in [5, 5.41) is 2.92. The molecule has 0 aliphatic carbocycles. The molecule has 0 saturated heterocycles. The van der Waals surface area contributed by atoms with Gasteiger partial charge in [-0.15, -0.1) is 0 Å². The Hall–Kier alpha value is -3.08. The van der Waals surface area contributed by atoms with Gasteiger partial charge in [-0.25, -0.2) is 4.39 Å². The lowest BCUT2D eigenvalue weighted by atomic mass is 10.0. The lowest BCUT2D eigenvalue weighted by molar-refractivity contribution is -0.116. The Labute approximate surface area is 152 Å². The van der Waals surface area contributed by atoms with Crippen LogP contribution in [0.1, 0.15) is 24.9 Å². The van der Waals surface area contributed by atoms with E-state index < -0.39 is 0 Å². The number of anilines is 1. The first kappa shape index (κ1) is 17.7. The van der Waals surface area contributed by atoms with Crippen LogP contribution >= 0.6 is 0 Å². The zero-order valence-corrected chi connectivity index (χ0v) is 14.6. The number of amides is 1. The maximum atomic E-state index is 13.3. The molecule has 0 fully saturated rings. The normalized spacial score (nSPS) is 11.8. The number of hydrogen-bond donors (Lipinski definition) is 1. The molecule has 4 nitrogen and oxygen atoms in total. The average Bonchev–Trinajstić information content (AvgIpc) is 3.17. The minimum absolute atomic E-state index is 0.139. The quantitative estimate of drug-likeness (QED) is 0.673. The molecule has 1 heterocycles. The van der Waals surface area contributed by atoms with Crippen LogP contribution in [-0.4, -0.2) is 17.1 Å². The zero-order valence-electron chi connectivity index (χ0n) is 14.6. The first-order valence-electron chi connectivity index (χ1n) is 8.57. The Kier molecular flexibility index (Phi) is 5.69. The van der Waals surface area contributed by atoms with Gasteiger partial charge in [0, 0.05) is 12.4 Å². The standard InChI is InChI=1S/C21H21FN2O2/c1-2-26-20-8-4-3-7-18(20)23-21(25)15-19(24-13-5-6-14-24)16-9-11-17(22)12-10-16/h3-14,19H,2,15H2,1H3,(H,23,25)/t19-/m0/s1. The molecule has 26 heavy (non-hydrogen) atoms. The molecule has 2 aromatic carbocycles. The van der Waals surface area contributed by atoms with Crippen LogP contribution in [0.15, 0.2) is 73.1 Å². The van der Waals surface area contributed by atoms with E-state index in [1.165, 1.54) is 12.1 Å². The highest BCUT2D eigenvalue weighted by Gasteiger charge is 2.18. The third-order valence-corrected chi connectivity index (χ3v) is 4.08. The summed E-state index contributed by atoms with van der Waals surface area (Å²) in [4.78, 5) is 12.7. The lowest BCUT2D eigenvalue weighted by Crippen LogP contribution is -2.20. The maximum Gasteiger partial charge on any atom is 0.226 e. The molecule has 1 atom stereocenters. The Morgan fingerprint density at radius 3 is 2.46 bits per heavy atom. The van der Waals surface area contributed by atoms with Crippen LogP contribution in [0.2, 0.25) is 0 Å². The number of nitrogens with zero attached hydrogens (tertiary/aromatic N) is 1. The number of rotatable bonds is 7. The van der Waals surface area contributed by atoms with Crippen molar-refractivity contribution in [2.75, 3.05) is 11.9 Å². The monoisotopic (exact) mass is 352 g/mol. The van der Waals surface area contributed by atoms with Crippen LogP contribution in [0.25, 0.3) is 0 Å². The van der Waals surface area contributed by atoms with Crippen molar-refractivity contribution >= 4 is 11.6 Å². The van der Waals surface area contributed by atoms with E-state index in [0.29, 0.717) is 18.0 Å². The van der Waals surface area contributed by atoms with Crippen molar-refractivity contribution in [3.05, 3.63) is 84.4 Å². The van der Waals surface area contributed by atoms with Crippen molar-refractivity contribution in [1.82, 2.24) is 4.57 Å². The molecular weight excluding hydrogens is 331 g/mol. The summed E-state index contributed by atoms with van der Waals surface area (Å²) in [6.45, 7) is 2.42. The Balaban J connectivity index is 1.79. The number of ether oxygens (including phenoxy) is 1. The van der Waals surface area contributed by atoms with Gasteiger partial charge in [-0.05, 0) is 48.9 Å². The fourth-order valence-electron chi connectivity index (χ4n) is 2.86. The number of benzene rings is 2. The zero-order chi connectivity index (χ0) is 18.4. The molecule has 134 valence electrons. The highest BCUT2D eigenvalue weighted by Crippen LogP contribution is 2.27. The van der Waals surface area contributed by atoms with Crippen molar-refractivity contribution < 1.29 is 13.9 Å². The number of hydrogen-bond acceptors (Lipinski definition) is 2. The van der Waals surface area contributed by atoms with Crippen LogP contribution in [0, 0.1) is 5.82 Å². The highest BCUT2D eigenvalue weighted by molar-refractivity contribution is 5.92. The second kappa shape index (κ2) is 8.34. The van der Waals surface area contributed by atoms with E-state index in [4.69, 9.17) is 4.74 Å². The van der Waals surface area contributed by atoms with E-state index in [0.717, 1.165) is 5.56 Å². The molecule has 0 aliphatic rings. The van der Waals surface area contributed by atoms with Crippen LogP contribution in [0.5, 0.6) is 5.75 Å². The van der Waals surface area contributed by atoms with E-state index in [1.807, 2.05) is 60.3 Å². The van der Waals surface area contributed by atoms with E-state index >= 15 is 0 Å². The van der Waals surface area contributed by atoms with Gasteiger partial charge in [-0.3, -0.25) is 4.79 Å².